The summed E-state index contributed by atoms with van der Waals surface area (Å²) >= 11 is 0. The zero-order valence-corrected chi connectivity index (χ0v) is 14.6. The van der Waals surface area contributed by atoms with Crippen molar-refractivity contribution in [2.75, 3.05) is 39.3 Å². The van der Waals surface area contributed by atoms with Gasteiger partial charge in [-0.1, -0.05) is 58.0 Å². The van der Waals surface area contributed by atoms with Gasteiger partial charge >= 0.3 is 0 Å². The van der Waals surface area contributed by atoms with Crippen LogP contribution in [-0.2, 0) is 0 Å². The van der Waals surface area contributed by atoms with Crippen molar-refractivity contribution < 1.29 is 0 Å². The van der Waals surface area contributed by atoms with Gasteiger partial charge in [0.1, 0.15) is 0 Å². The van der Waals surface area contributed by atoms with E-state index in [1.54, 1.807) is 0 Å². The van der Waals surface area contributed by atoms with Gasteiger partial charge in [0.05, 0.1) is 12.0 Å². The first-order chi connectivity index (χ1) is 10.7. The van der Waals surface area contributed by atoms with Crippen LogP contribution in [0, 0.1) is 17.2 Å². The largest absolute Gasteiger partial charge is 0.304 e. The first-order valence-electron chi connectivity index (χ1n) is 8.59. The van der Waals surface area contributed by atoms with Gasteiger partial charge < -0.3 is 9.80 Å². The smallest absolute Gasteiger partial charge is 0.0765 e. The van der Waals surface area contributed by atoms with Gasteiger partial charge in [-0.3, -0.25) is 0 Å². The third kappa shape index (κ3) is 5.44. The first kappa shape index (κ1) is 18.7. The number of rotatable bonds is 10. The summed E-state index contributed by atoms with van der Waals surface area (Å²) in [7, 11) is 0. The standard InChI is InChI=1S/C19H31N3/c1-5-21(6-2)15-18(16-22(7-3)8-4)19(14-20)17-12-10-9-11-13-17/h9-13,18-19H,5-8,15-16H2,1-4H3. The number of nitriles is 1. The van der Waals surface area contributed by atoms with Gasteiger partial charge in [-0.2, -0.15) is 5.26 Å². The molecule has 0 heterocycles. The zero-order valence-electron chi connectivity index (χ0n) is 14.6. The third-order valence-electron chi connectivity index (χ3n) is 4.54. The van der Waals surface area contributed by atoms with Crippen molar-refractivity contribution in [2.45, 2.75) is 33.6 Å². The van der Waals surface area contributed by atoms with Crippen molar-refractivity contribution in [1.29, 1.82) is 5.26 Å². The Bertz CT molecular complexity index is 416. The second kappa shape index (κ2) is 10.4. The Balaban J connectivity index is 2.98. The summed E-state index contributed by atoms with van der Waals surface area (Å²) in [5, 5.41) is 9.78. The predicted octanol–water partition coefficient (Wildman–Crippen LogP) is 3.59. The molecular weight excluding hydrogens is 270 g/mol. The summed E-state index contributed by atoms with van der Waals surface area (Å²) in [6.07, 6.45) is 0. The van der Waals surface area contributed by atoms with Crippen molar-refractivity contribution in [3.05, 3.63) is 35.9 Å². The van der Waals surface area contributed by atoms with Gasteiger partial charge in [0.15, 0.2) is 0 Å². The highest BCUT2D eigenvalue weighted by molar-refractivity contribution is 5.26. The fraction of sp³-hybridized carbons (Fsp3) is 0.632. The molecule has 1 aromatic carbocycles. The second-order valence-electron chi connectivity index (χ2n) is 5.75. The van der Waals surface area contributed by atoms with Crippen LogP contribution in [0.4, 0.5) is 0 Å². The topological polar surface area (TPSA) is 30.3 Å². The minimum atomic E-state index is -0.0394. The lowest BCUT2D eigenvalue weighted by Crippen LogP contribution is -2.39. The quantitative estimate of drug-likeness (QED) is 0.661. The molecule has 22 heavy (non-hydrogen) atoms. The summed E-state index contributed by atoms with van der Waals surface area (Å²) in [5.41, 5.74) is 1.15. The molecule has 0 amide bonds. The van der Waals surface area contributed by atoms with Crippen molar-refractivity contribution >= 4 is 0 Å². The van der Waals surface area contributed by atoms with E-state index in [9.17, 15) is 5.26 Å². The fourth-order valence-corrected chi connectivity index (χ4v) is 3.01. The molecule has 0 aliphatic heterocycles. The monoisotopic (exact) mass is 301 g/mol. The molecule has 1 atom stereocenters. The summed E-state index contributed by atoms with van der Waals surface area (Å²) < 4.78 is 0. The Kier molecular flexibility index (Phi) is 8.81. The number of hydrogen-bond acceptors (Lipinski definition) is 3. The molecule has 0 N–H and O–H groups in total. The Hall–Kier alpha value is -1.37. The van der Waals surface area contributed by atoms with E-state index in [1.807, 2.05) is 18.2 Å². The lowest BCUT2D eigenvalue weighted by Gasteiger charge is -2.32. The van der Waals surface area contributed by atoms with Crippen molar-refractivity contribution in [2.24, 2.45) is 5.92 Å². The minimum absolute atomic E-state index is 0.0394. The van der Waals surface area contributed by atoms with Crippen LogP contribution in [0.5, 0.6) is 0 Å². The van der Waals surface area contributed by atoms with E-state index in [4.69, 9.17) is 0 Å². The Morgan fingerprint density at radius 2 is 1.32 bits per heavy atom. The molecule has 3 heteroatoms. The van der Waals surface area contributed by atoms with E-state index in [0.29, 0.717) is 5.92 Å². The maximum absolute atomic E-state index is 9.78. The first-order valence-corrected chi connectivity index (χ1v) is 8.59. The average Bonchev–Trinajstić information content (AvgIpc) is 2.58. The molecule has 0 fully saturated rings. The van der Waals surface area contributed by atoms with Crippen LogP contribution < -0.4 is 0 Å². The lowest BCUT2D eigenvalue weighted by atomic mass is 9.86. The van der Waals surface area contributed by atoms with Gasteiger partial charge in [-0.25, -0.2) is 0 Å². The summed E-state index contributed by atoms with van der Waals surface area (Å²) in [6, 6.07) is 12.8. The van der Waals surface area contributed by atoms with Crippen LogP contribution in [0.1, 0.15) is 39.2 Å². The molecular formula is C19H31N3. The molecule has 0 radical (unpaired) electrons. The van der Waals surface area contributed by atoms with Crippen molar-refractivity contribution in [1.82, 2.24) is 9.80 Å². The normalized spacial score (nSPS) is 12.8. The van der Waals surface area contributed by atoms with Crippen molar-refractivity contribution in [3.8, 4) is 6.07 Å². The molecule has 0 aromatic heterocycles. The van der Waals surface area contributed by atoms with Crippen LogP contribution >= 0.6 is 0 Å². The van der Waals surface area contributed by atoms with E-state index in [2.05, 4.69) is 55.7 Å². The maximum Gasteiger partial charge on any atom is 0.0765 e. The predicted molar refractivity (Wildman–Crippen MR) is 93.9 cm³/mol. The number of benzene rings is 1. The number of hydrogen-bond donors (Lipinski definition) is 0. The molecule has 0 aliphatic rings. The average molecular weight is 301 g/mol. The highest BCUT2D eigenvalue weighted by Crippen LogP contribution is 2.26. The fourth-order valence-electron chi connectivity index (χ4n) is 3.01. The molecule has 0 spiro atoms. The van der Waals surface area contributed by atoms with Crippen LogP contribution in [0.2, 0.25) is 0 Å². The van der Waals surface area contributed by atoms with E-state index < -0.39 is 0 Å². The summed E-state index contributed by atoms with van der Waals surface area (Å²) in [6.45, 7) is 14.9. The molecule has 1 rings (SSSR count). The molecule has 0 saturated heterocycles. The van der Waals surface area contributed by atoms with E-state index in [0.717, 1.165) is 44.8 Å². The van der Waals surface area contributed by atoms with Crippen molar-refractivity contribution in [3.63, 3.8) is 0 Å². The van der Waals surface area contributed by atoms with Gasteiger partial charge in [-0.15, -0.1) is 0 Å². The lowest BCUT2D eigenvalue weighted by molar-refractivity contribution is 0.183. The summed E-state index contributed by atoms with van der Waals surface area (Å²) in [5.74, 6) is 0.301. The molecule has 0 bridgehead atoms. The van der Waals surface area contributed by atoms with Gasteiger partial charge in [0.2, 0.25) is 0 Å². The van der Waals surface area contributed by atoms with E-state index in [-0.39, 0.29) is 5.92 Å². The highest BCUT2D eigenvalue weighted by Gasteiger charge is 2.26. The van der Waals surface area contributed by atoms with Crippen LogP contribution in [0.3, 0.4) is 0 Å². The molecule has 3 nitrogen and oxygen atoms in total. The van der Waals surface area contributed by atoms with Gasteiger partial charge in [0, 0.05) is 19.0 Å². The molecule has 122 valence electrons. The van der Waals surface area contributed by atoms with Crippen LogP contribution in [0.15, 0.2) is 30.3 Å². The number of nitrogens with zero attached hydrogens (tertiary/aromatic N) is 3. The maximum atomic E-state index is 9.78. The molecule has 1 unspecified atom stereocenters. The molecule has 0 saturated carbocycles. The molecule has 0 aliphatic carbocycles. The zero-order chi connectivity index (χ0) is 16.4. The Morgan fingerprint density at radius 3 is 1.68 bits per heavy atom. The Labute approximate surface area is 136 Å². The third-order valence-corrected chi connectivity index (χ3v) is 4.54. The van der Waals surface area contributed by atoms with Gasteiger partial charge in [0.25, 0.3) is 0 Å². The highest BCUT2D eigenvalue weighted by atomic mass is 15.1. The Morgan fingerprint density at radius 1 is 0.864 bits per heavy atom. The second-order valence-corrected chi connectivity index (χ2v) is 5.75. The van der Waals surface area contributed by atoms with Crippen LogP contribution in [-0.4, -0.2) is 49.1 Å². The van der Waals surface area contributed by atoms with Gasteiger partial charge in [-0.05, 0) is 31.7 Å². The summed E-state index contributed by atoms with van der Waals surface area (Å²) in [4.78, 5) is 4.86. The molecule has 1 aromatic rings. The van der Waals surface area contributed by atoms with E-state index >= 15 is 0 Å². The van der Waals surface area contributed by atoms with Crippen LogP contribution in [0.25, 0.3) is 0 Å². The minimum Gasteiger partial charge on any atom is -0.304 e. The SMILES string of the molecule is CCN(CC)CC(CN(CC)CC)C(C#N)c1ccccc1. The van der Waals surface area contributed by atoms with E-state index in [1.165, 1.54) is 0 Å².